The van der Waals surface area contributed by atoms with Gasteiger partial charge in [0.25, 0.3) is 5.91 Å². The van der Waals surface area contributed by atoms with Gasteiger partial charge in [0.2, 0.25) is 0 Å². The summed E-state index contributed by atoms with van der Waals surface area (Å²) in [5.74, 6) is -1.44. The molecule has 5 heteroatoms. The highest BCUT2D eigenvalue weighted by Crippen LogP contribution is 2.15. The van der Waals surface area contributed by atoms with Gasteiger partial charge in [0.1, 0.15) is 0 Å². The average molecular weight is 242 g/mol. The van der Waals surface area contributed by atoms with Crippen molar-refractivity contribution in [1.29, 1.82) is 0 Å². The van der Waals surface area contributed by atoms with Gasteiger partial charge in [-0.25, -0.2) is 0 Å². The van der Waals surface area contributed by atoms with Crippen LogP contribution in [0.2, 0.25) is 0 Å². The Hall–Kier alpha value is -1.10. The largest absolute Gasteiger partial charge is 0.548 e. The van der Waals surface area contributed by atoms with Crippen LogP contribution in [0.5, 0.6) is 0 Å². The molecule has 1 aliphatic rings. The summed E-state index contributed by atoms with van der Waals surface area (Å²) in [4.78, 5) is 23.0. The number of amides is 1. The van der Waals surface area contributed by atoms with Crippen LogP contribution in [0, 0.1) is 0 Å². The van der Waals surface area contributed by atoms with Crippen molar-refractivity contribution < 1.29 is 19.6 Å². The van der Waals surface area contributed by atoms with Crippen molar-refractivity contribution in [2.24, 2.45) is 0 Å². The molecule has 0 spiro atoms. The van der Waals surface area contributed by atoms with Crippen LogP contribution in [-0.4, -0.2) is 37.6 Å². The molecule has 1 aliphatic carbocycles. The molecule has 1 atom stereocenters. The summed E-state index contributed by atoms with van der Waals surface area (Å²) in [7, 11) is 0. The molecule has 1 unspecified atom stereocenters. The number of carbonyl (C=O) groups excluding carboxylic acids is 2. The number of carboxylic acids is 1. The molecule has 0 radical (unpaired) electrons. The van der Waals surface area contributed by atoms with E-state index < -0.39 is 5.97 Å². The van der Waals surface area contributed by atoms with E-state index in [9.17, 15) is 14.7 Å². The first-order valence-electron chi connectivity index (χ1n) is 6.44. The minimum absolute atomic E-state index is 0.198. The van der Waals surface area contributed by atoms with E-state index in [2.05, 4.69) is 12.2 Å². The number of likely N-dealkylation sites (N-methyl/N-ethyl adjacent to an activating group) is 1. The molecule has 0 aliphatic heterocycles. The van der Waals surface area contributed by atoms with E-state index in [1.54, 1.807) is 0 Å². The van der Waals surface area contributed by atoms with Gasteiger partial charge >= 0.3 is 0 Å². The Bertz CT molecular complexity index is 262. The molecule has 0 heterocycles. The predicted molar refractivity (Wildman–Crippen MR) is 61.3 cm³/mol. The lowest BCUT2D eigenvalue weighted by molar-refractivity contribution is -0.917. The lowest BCUT2D eigenvalue weighted by atomic mass is 9.94. The highest BCUT2D eigenvalue weighted by Gasteiger charge is 2.24. The van der Waals surface area contributed by atoms with Crippen LogP contribution >= 0.6 is 0 Å². The first-order chi connectivity index (χ1) is 8.13. The highest BCUT2D eigenvalue weighted by atomic mass is 16.4. The molecule has 0 saturated heterocycles. The van der Waals surface area contributed by atoms with E-state index in [0.29, 0.717) is 12.6 Å². The quantitative estimate of drug-likeness (QED) is 0.571. The summed E-state index contributed by atoms with van der Waals surface area (Å²) < 4.78 is 0. The van der Waals surface area contributed by atoms with E-state index >= 15 is 0 Å². The first-order valence-corrected chi connectivity index (χ1v) is 6.44. The Morgan fingerprint density at radius 3 is 2.47 bits per heavy atom. The topological polar surface area (TPSA) is 73.7 Å². The predicted octanol–water partition coefficient (Wildman–Crippen LogP) is -1.91. The van der Waals surface area contributed by atoms with Crippen molar-refractivity contribution in [1.82, 2.24) is 5.32 Å². The summed E-state index contributed by atoms with van der Waals surface area (Å²) in [5, 5.41) is 12.6. The second kappa shape index (κ2) is 7.27. The Kier molecular flexibility index (Phi) is 5.97. The average Bonchev–Trinajstić information content (AvgIpc) is 2.34. The van der Waals surface area contributed by atoms with Gasteiger partial charge in [-0.2, -0.15) is 0 Å². The molecule has 98 valence electrons. The van der Waals surface area contributed by atoms with Gasteiger partial charge in [0.05, 0.1) is 25.1 Å². The van der Waals surface area contributed by atoms with Crippen LogP contribution < -0.4 is 15.3 Å². The van der Waals surface area contributed by atoms with E-state index in [0.717, 1.165) is 6.54 Å². The second-order valence-electron chi connectivity index (χ2n) is 4.67. The van der Waals surface area contributed by atoms with E-state index in [1.807, 2.05) is 0 Å². The maximum Gasteiger partial charge on any atom is 0.275 e. The molecule has 1 amide bonds. The molecule has 0 aromatic heterocycles. The van der Waals surface area contributed by atoms with Crippen molar-refractivity contribution in [3.8, 4) is 0 Å². The van der Waals surface area contributed by atoms with Crippen LogP contribution in [0.3, 0.4) is 0 Å². The number of carboxylic acid groups (broad SMARTS) is 1. The van der Waals surface area contributed by atoms with Crippen LogP contribution in [0.4, 0.5) is 0 Å². The fourth-order valence-electron chi connectivity index (χ4n) is 2.51. The van der Waals surface area contributed by atoms with Crippen LogP contribution in [0.25, 0.3) is 0 Å². The van der Waals surface area contributed by atoms with Crippen molar-refractivity contribution in [2.75, 3.05) is 19.6 Å². The molecule has 0 aromatic carbocycles. The number of aliphatic carboxylic acids is 1. The number of hydrogen-bond acceptors (Lipinski definition) is 3. The van der Waals surface area contributed by atoms with Gasteiger partial charge in [0, 0.05) is 0 Å². The third kappa shape index (κ3) is 5.17. The molecule has 0 bridgehead atoms. The molecule has 5 nitrogen and oxygen atoms in total. The standard InChI is InChI=1S/C12H22N2O3/c1-2-14(10-6-4-3-5-7-10)9-11(15)13-8-12(16)17/h10H,2-9H2,1H3,(H,13,15)(H,16,17). The van der Waals surface area contributed by atoms with Crippen LogP contribution in [0.1, 0.15) is 39.0 Å². The van der Waals surface area contributed by atoms with Crippen molar-refractivity contribution in [3.63, 3.8) is 0 Å². The molecule has 1 rings (SSSR count). The normalized spacial score (nSPS) is 18.6. The van der Waals surface area contributed by atoms with E-state index in [-0.39, 0.29) is 12.5 Å². The fraction of sp³-hybridized carbons (Fsp3) is 0.833. The van der Waals surface area contributed by atoms with Crippen LogP contribution in [0.15, 0.2) is 0 Å². The summed E-state index contributed by atoms with van der Waals surface area (Å²) in [6.45, 7) is 2.95. The fourth-order valence-corrected chi connectivity index (χ4v) is 2.51. The smallest absolute Gasteiger partial charge is 0.275 e. The Balaban J connectivity index is 2.34. The highest BCUT2D eigenvalue weighted by molar-refractivity contribution is 5.81. The zero-order chi connectivity index (χ0) is 12.7. The first kappa shape index (κ1) is 14.0. The van der Waals surface area contributed by atoms with Crippen molar-refractivity contribution in [3.05, 3.63) is 0 Å². The summed E-state index contributed by atoms with van der Waals surface area (Å²) in [5.41, 5.74) is 0. The van der Waals surface area contributed by atoms with Gasteiger partial charge in [0.15, 0.2) is 6.54 Å². The molecule has 0 aromatic rings. The molecule has 17 heavy (non-hydrogen) atoms. The van der Waals surface area contributed by atoms with Crippen molar-refractivity contribution >= 4 is 11.9 Å². The molecule has 2 N–H and O–H groups in total. The monoisotopic (exact) mass is 242 g/mol. The Morgan fingerprint density at radius 1 is 1.29 bits per heavy atom. The van der Waals surface area contributed by atoms with Gasteiger partial charge in [-0.05, 0) is 32.6 Å². The summed E-state index contributed by atoms with van der Waals surface area (Å²) >= 11 is 0. The maximum atomic E-state index is 11.5. The molecular weight excluding hydrogens is 220 g/mol. The SMILES string of the molecule is CC[NH+](CC(=O)NCC(=O)[O-])C1CCCCC1. The lowest BCUT2D eigenvalue weighted by Gasteiger charge is -2.30. The number of quaternary nitrogens is 1. The summed E-state index contributed by atoms with van der Waals surface area (Å²) in [6.07, 6.45) is 6.14. The zero-order valence-corrected chi connectivity index (χ0v) is 10.5. The Morgan fingerprint density at radius 2 is 1.94 bits per heavy atom. The molecular formula is C12H22N2O3. The minimum Gasteiger partial charge on any atom is -0.548 e. The number of rotatable bonds is 6. The molecule has 1 saturated carbocycles. The maximum absolute atomic E-state index is 11.5. The number of hydrogen-bond donors (Lipinski definition) is 2. The Labute approximate surface area is 102 Å². The van der Waals surface area contributed by atoms with Crippen molar-refractivity contribution in [2.45, 2.75) is 45.1 Å². The lowest BCUT2D eigenvalue weighted by Crippen LogP contribution is -3.16. The van der Waals surface area contributed by atoms with E-state index in [1.165, 1.54) is 37.0 Å². The van der Waals surface area contributed by atoms with Crippen LogP contribution in [-0.2, 0) is 9.59 Å². The second-order valence-corrected chi connectivity index (χ2v) is 4.67. The number of nitrogens with one attached hydrogen (secondary N) is 2. The van der Waals surface area contributed by atoms with E-state index in [4.69, 9.17) is 0 Å². The minimum atomic E-state index is -1.24. The van der Waals surface area contributed by atoms with Gasteiger partial charge < -0.3 is 20.1 Å². The molecule has 1 fully saturated rings. The number of carbonyl (C=O) groups is 2. The van der Waals surface area contributed by atoms with Gasteiger partial charge in [-0.1, -0.05) is 6.42 Å². The third-order valence-electron chi connectivity index (χ3n) is 3.45. The third-order valence-corrected chi connectivity index (χ3v) is 3.45. The summed E-state index contributed by atoms with van der Waals surface area (Å²) in [6, 6.07) is 0.558. The van der Waals surface area contributed by atoms with Gasteiger partial charge in [-0.15, -0.1) is 0 Å². The van der Waals surface area contributed by atoms with Gasteiger partial charge in [-0.3, -0.25) is 4.79 Å². The zero-order valence-electron chi connectivity index (χ0n) is 10.5.